The molecule has 0 spiro atoms. The molecule has 0 aliphatic heterocycles. The molecule has 2 rings (SSSR count). The second kappa shape index (κ2) is 6.85. The van der Waals surface area contributed by atoms with Gasteiger partial charge < -0.3 is 5.11 Å². The maximum atomic E-state index is 13.7. The zero-order chi connectivity index (χ0) is 15.5. The summed E-state index contributed by atoms with van der Waals surface area (Å²) in [5.74, 6) is -0.881. The zero-order valence-corrected chi connectivity index (χ0v) is 13.2. The van der Waals surface area contributed by atoms with Gasteiger partial charge in [-0.2, -0.15) is 0 Å². The molecule has 8 heteroatoms. The lowest BCUT2D eigenvalue weighted by atomic mass is 10.2. The van der Waals surface area contributed by atoms with Crippen molar-refractivity contribution in [1.82, 2.24) is 4.72 Å². The Bertz CT molecular complexity index is 731. The number of halogens is 2. The number of hydrogen-bond acceptors (Lipinski definition) is 4. The van der Waals surface area contributed by atoms with Crippen molar-refractivity contribution >= 4 is 33.0 Å². The highest BCUT2D eigenvalue weighted by atomic mass is 35.5. The zero-order valence-electron chi connectivity index (χ0n) is 10.8. The minimum atomic E-state index is -3.91. The number of thiophene rings is 1. The van der Waals surface area contributed by atoms with Crippen LogP contribution in [0.2, 0.25) is 4.34 Å². The van der Waals surface area contributed by atoms with E-state index >= 15 is 0 Å². The molecule has 1 heterocycles. The average Bonchev–Trinajstić information content (AvgIpc) is 2.83. The Morgan fingerprint density at radius 3 is 2.62 bits per heavy atom. The van der Waals surface area contributed by atoms with Crippen molar-refractivity contribution in [2.75, 3.05) is 6.54 Å². The first-order valence-electron chi connectivity index (χ1n) is 6.05. The van der Waals surface area contributed by atoms with Crippen LogP contribution in [0.15, 0.2) is 35.2 Å². The van der Waals surface area contributed by atoms with Gasteiger partial charge in [-0.05, 0) is 36.2 Å². The molecular formula is C13H13ClFNO3S2. The standard InChI is InChI=1S/C13H13ClFNO3S2/c14-13-4-2-10(20-13)5-6-16-21(18,19)12-3-1-9(8-17)7-11(12)15/h1-4,7,16-17H,5-6,8H2. The van der Waals surface area contributed by atoms with E-state index < -0.39 is 20.7 Å². The molecule has 2 aromatic rings. The Morgan fingerprint density at radius 2 is 2.05 bits per heavy atom. The van der Waals surface area contributed by atoms with Gasteiger partial charge in [0, 0.05) is 11.4 Å². The van der Waals surface area contributed by atoms with E-state index in [1.807, 2.05) is 6.07 Å². The van der Waals surface area contributed by atoms with Crippen molar-refractivity contribution in [3.63, 3.8) is 0 Å². The van der Waals surface area contributed by atoms with Crippen LogP contribution in [0.4, 0.5) is 4.39 Å². The largest absolute Gasteiger partial charge is 0.392 e. The first-order valence-corrected chi connectivity index (χ1v) is 8.73. The van der Waals surface area contributed by atoms with Crippen LogP contribution in [-0.2, 0) is 23.1 Å². The van der Waals surface area contributed by atoms with E-state index in [1.165, 1.54) is 17.4 Å². The summed E-state index contributed by atoms with van der Waals surface area (Å²) in [5.41, 5.74) is 0.319. The van der Waals surface area contributed by atoms with Gasteiger partial charge in [-0.3, -0.25) is 0 Å². The van der Waals surface area contributed by atoms with Crippen molar-refractivity contribution in [2.24, 2.45) is 0 Å². The van der Waals surface area contributed by atoms with Crippen LogP contribution >= 0.6 is 22.9 Å². The molecule has 0 amide bonds. The van der Waals surface area contributed by atoms with Crippen LogP contribution in [0, 0.1) is 5.82 Å². The SMILES string of the molecule is O=S(=O)(NCCc1ccc(Cl)s1)c1ccc(CO)cc1F. The monoisotopic (exact) mass is 349 g/mol. The maximum absolute atomic E-state index is 13.7. The molecule has 0 unspecified atom stereocenters. The van der Waals surface area contributed by atoms with Gasteiger partial charge in [0.2, 0.25) is 10.0 Å². The third-order valence-electron chi connectivity index (χ3n) is 2.76. The minimum Gasteiger partial charge on any atom is -0.392 e. The summed E-state index contributed by atoms with van der Waals surface area (Å²) in [6.07, 6.45) is 0.479. The minimum absolute atomic E-state index is 0.153. The van der Waals surface area contributed by atoms with E-state index in [1.54, 1.807) is 6.07 Å². The molecule has 0 aliphatic carbocycles. The fraction of sp³-hybridized carbons (Fsp3) is 0.231. The summed E-state index contributed by atoms with van der Waals surface area (Å²) in [6, 6.07) is 7.08. The normalized spacial score (nSPS) is 11.8. The number of hydrogen-bond donors (Lipinski definition) is 2. The quantitative estimate of drug-likeness (QED) is 0.842. The number of aliphatic hydroxyl groups is 1. The molecule has 0 saturated heterocycles. The average molecular weight is 350 g/mol. The summed E-state index contributed by atoms with van der Waals surface area (Å²) in [4.78, 5) is 0.516. The van der Waals surface area contributed by atoms with E-state index in [2.05, 4.69) is 4.72 Å². The third-order valence-corrected chi connectivity index (χ3v) is 5.55. The van der Waals surface area contributed by atoms with Gasteiger partial charge in [-0.25, -0.2) is 17.5 Å². The van der Waals surface area contributed by atoms with Crippen molar-refractivity contribution in [1.29, 1.82) is 0 Å². The molecule has 2 N–H and O–H groups in total. The summed E-state index contributed by atoms with van der Waals surface area (Å²) < 4.78 is 40.7. The molecule has 0 radical (unpaired) electrons. The number of sulfonamides is 1. The molecule has 0 saturated carbocycles. The molecule has 0 bridgehead atoms. The van der Waals surface area contributed by atoms with Gasteiger partial charge in [0.05, 0.1) is 10.9 Å². The summed E-state index contributed by atoms with van der Waals surface area (Å²) in [5, 5.41) is 8.88. The summed E-state index contributed by atoms with van der Waals surface area (Å²) in [7, 11) is -3.91. The first kappa shape index (κ1) is 16.4. The maximum Gasteiger partial charge on any atom is 0.243 e. The summed E-state index contributed by atoms with van der Waals surface area (Å²) in [6.45, 7) is -0.190. The second-order valence-corrected chi connectivity index (χ2v) is 7.81. The van der Waals surface area contributed by atoms with Crippen LogP contribution in [0.25, 0.3) is 0 Å². The van der Waals surface area contributed by atoms with Gasteiger partial charge in [-0.15, -0.1) is 11.3 Å². The predicted octanol–water partition coefficient (Wildman–Crippen LogP) is 2.55. The molecule has 21 heavy (non-hydrogen) atoms. The molecule has 0 fully saturated rings. The van der Waals surface area contributed by atoms with Gasteiger partial charge >= 0.3 is 0 Å². The number of rotatable bonds is 6. The fourth-order valence-corrected chi connectivity index (χ4v) is 3.91. The highest BCUT2D eigenvalue weighted by Crippen LogP contribution is 2.22. The van der Waals surface area contributed by atoms with Gasteiger partial charge in [-0.1, -0.05) is 17.7 Å². The lowest BCUT2D eigenvalue weighted by Crippen LogP contribution is -2.26. The highest BCUT2D eigenvalue weighted by molar-refractivity contribution is 7.89. The van der Waals surface area contributed by atoms with Crippen LogP contribution < -0.4 is 4.72 Å². The van der Waals surface area contributed by atoms with Crippen molar-refractivity contribution in [3.8, 4) is 0 Å². The van der Waals surface area contributed by atoms with E-state index in [4.69, 9.17) is 16.7 Å². The van der Waals surface area contributed by atoms with E-state index in [0.717, 1.165) is 17.0 Å². The van der Waals surface area contributed by atoms with Crippen LogP contribution in [0.1, 0.15) is 10.4 Å². The molecular weight excluding hydrogens is 337 g/mol. The van der Waals surface area contributed by atoms with Crippen LogP contribution in [-0.4, -0.2) is 20.1 Å². The molecule has 114 valence electrons. The molecule has 1 aromatic heterocycles. The first-order chi connectivity index (χ1) is 9.92. The van der Waals surface area contributed by atoms with Gasteiger partial charge in [0.15, 0.2) is 0 Å². The molecule has 1 aromatic carbocycles. The molecule has 0 atom stereocenters. The lowest BCUT2D eigenvalue weighted by molar-refractivity contribution is 0.281. The number of aliphatic hydroxyl groups excluding tert-OH is 1. The van der Waals surface area contributed by atoms with Crippen LogP contribution in [0.5, 0.6) is 0 Å². The Morgan fingerprint density at radius 1 is 1.29 bits per heavy atom. The Kier molecular flexibility index (Phi) is 5.34. The van der Waals surface area contributed by atoms with E-state index in [0.29, 0.717) is 16.3 Å². The van der Waals surface area contributed by atoms with E-state index in [-0.39, 0.29) is 13.2 Å². The predicted molar refractivity (Wildman–Crippen MR) is 80.5 cm³/mol. The van der Waals surface area contributed by atoms with Gasteiger partial charge in [0.1, 0.15) is 10.7 Å². The van der Waals surface area contributed by atoms with Gasteiger partial charge in [0.25, 0.3) is 0 Å². The lowest BCUT2D eigenvalue weighted by Gasteiger charge is -2.08. The van der Waals surface area contributed by atoms with E-state index in [9.17, 15) is 12.8 Å². The Balaban J connectivity index is 2.04. The van der Waals surface area contributed by atoms with Crippen LogP contribution in [0.3, 0.4) is 0 Å². The van der Waals surface area contributed by atoms with Crippen molar-refractivity contribution in [3.05, 3.63) is 50.9 Å². The Hall–Kier alpha value is -0.990. The second-order valence-electron chi connectivity index (χ2n) is 4.28. The smallest absolute Gasteiger partial charge is 0.243 e. The number of benzene rings is 1. The molecule has 0 aliphatic rings. The van der Waals surface area contributed by atoms with Crippen molar-refractivity contribution < 1.29 is 17.9 Å². The molecule has 4 nitrogen and oxygen atoms in total. The Labute approximate surface area is 131 Å². The topological polar surface area (TPSA) is 66.4 Å². The highest BCUT2D eigenvalue weighted by Gasteiger charge is 2.18. The third kappa shape index (κ3) is 4.24. The van der Waals surface area contributed by atoms with Crippen molar-refractivity contribution in [2.45, 2.75) is 17.9 Å². The fourth-order valence-electron chi connectivity index (χ4n) is 1.73. The number of nitrogens with one attached hydrogen (secondary N) is 1. The summed E-state index contributed by atoms with van der Waals surface area (Å²) >= 11 is 7.16.